The van der Waals surface area contributed by atoms with Crippen LogP contribution in [0.1, 0.15) is 23.5 Å². The van der Waals surface area contributed by atoms with Crippen LogP contribution in [0.2, 0.25) is 0 Å². The van der Waals surface area contributed by atoms with Crippen molar-refractivity contribution in [3.8, 4) is 11.6 Å². The number of carbonyl (C=O) groups excluding carboxylic acids is 1. The monoisotopic (exact) mass is 316 g/mol. The molecule has 3 rings (SSSR count). The van der Waals surface area contributed by atoms with Crippen molar-refractivity contribution in [1.82, 2.24) is 14.8 Å². The number of rotatable bonds is 5. The molecule has 0 aromatic carbocycles. The molecule has 3 aromatic rings. The quantitative estimate of drug-likeness (QED) is 0.780. The van der Waals surface area contributed by atoms with Gasteiger partial charge in [0.1, 0.15) is 0 Å². The molecule has 0 aliphatic carbocycles. The minimum absolute atomic E-state index is 0.112. The van der Waals surface area contributed by atoms with Crippen molar-refractivity contribution in [3.63, 3.8) is 0 Å². The normalized spacial score (nSPS) is 11.0. The Morgan fingerprint density at radius 2 is 2.27 bits per heavy atom. The minimum Gasteiger partial charge on any atom is -0.461 e. The highest BCUT2D eigenvalue weighted by atomic mass is 32.1. The van der Waals surface area contributed by atoms with Crippen molar-refractivity contribution in [2.24, 2.45) is 5.92 Å². The summed E-state index contributed by atoms with van der Waals surface area (Å²) >= 11 is 1.64. The maximum Gasteiger partial charge on any atom is 0.252 e. The second-order valence-electron chi connectivity index (χ2n) is 5.07. The van der Waals surface area contributed by atoms with Crippen LogP contribution in [-0.4, -0.2) is 20.7 Å². The van der Waals surface area contributed by atoms with Crippen molar-refractivity contribution in [2.45, 2.75) is 20.4 Å². The molecule has 0 fully saturated rings. The first-order chi connectivity index (χ1) is 10.6. The van der Waals surface area contributed by atoms with Crippen molar-refractivity contribution in [3.05, 3.63) is 40.8 Å². The molecule has 0 radical (unpaired) electrons. The predicted octanol–water partition coefficient (Wildman–Crippen LogP) is 3.51. The van der Waals surface area contributed by atoms with Gasteiger partial charge in [-0.1, -0.05) is 19.9 Å². The summed E-state index contributed by atoms with van der Waals surface area (Å²) in [5.41, 5.74) is 0. The molecule has 0 spiro atoms. The van der Waals surface area contributed by atoms with Crippen LogP contribution in [0.3, 0.4) is 0 Å². The molecule has 3 aromatic heterocycles. The van der Waals surface area contributed by atoms with E-state index in [0.717, 1.165) is 4.88 Å². The Kier molecular flexibility index (Phi) is 4.06. The van der Waals surface area contributed by atoms with E-state index in [1.807, 2.05) is 31.4 Å². The third-order valence-electron chi connectivity index (χ3n) is 3.05. The van der Waals surface area contributed by atoms with Crippen LogP contribution in [0.5, 0.6) is 0 Å². The molecule has 114 valence electrons. The topological polar surface area (TPSA) is 73.0 Å². The van der Waals surface area contributed by atoms with Gasteiger partial charge >= 0.3 is 0 Å². The molecule has 7 heteroatoms. The van der Waals surface area contributed by atoms with Crippen molar-refractivity contribution < 1.29 is 9.21 Å². The fraction of sp³-hybridized carbons (Fsp3) is 0.267. The van der Waals surface area contributed by atoms with Crippen LogP contribution in [0.4, 0.5) is 5.95 Å². The summed E-state index contributed by atoms with van der Waals surface area (Å²) in [5.74, 6) is 1.08. The zero-order chi connectivity index (χ0) is 15.5. The molecule has 0 amide bonds. The summed E-state index contributed by atoms with van der Waals surface area (Å²) in [6, 6.07) is 7.54. The number of hydrogen-bond donors (Lipinski definition) is 1. The first kappa shape index (κ1) is 14.5. The molecule has 0 bridgehead atoms. The number of anilines is 1. The summed E-state index contributed by atoms with van der Waals surface area (Å²) in [6.45, 7) is 4.26. The van der Waals surface area contributed by atoms with E-state index in [1.54, 1.807) is 29.7 Å². The standard InChI is InChI=1S/C15H16N4O2S/c1-10(2)14(20)19-15(16-9-11-5-4-8-22-11)17-13(18-19)12-6-3-7-21-12/h3-8,10H,9H2,1-2H3,(H,16,17,18). The van der Waals surface area contributed by atoms with Gasteiger partial charge in [-0.25, -0.2) is 0 Å². The van der Waals surface area contributed by atoms with Gasteiger partial charge in [0.2, 0.25) is 11.8 Å². The SMILES string of the molecule is CC(C)C(=O)n1nc(-c2ccco2)nc1NCc1cccs1. The van der Waals surface area contributed by atoms with Gasteiger partial charge in [0.15, 0.2) is 5.76 Å². The van der Waals surface area contributed by atoms with Gasteiger partial charge in [0.05, 0.1) is 12.8 Å². The van der Waals surface area contributed by atoms with Crippen LogP contribution >= 0.6 is 11.3 Å². The van der Waals surface area contributed by atoms with Gasteiger partial charge in [-0.15, -0.1) is 16.4 Å². The lowest BCUT2D eigenvalue weighted by Gasteiger charge is -2.07. The van der Waals surface area contributed by atoms with Crippen molar-refractivity contribution in [1.29, 1.82) is 0 Å². The average Bonchev–Trinajstić information content (AvgIpc) is 3.23. The molecule has 0 saturated heterocycles. The molecule has 0 atom stereocenters. The fourth-order valence-electron chi connectivity index (χ4n) is 1.91. The van der Waals surface area contributed by atoms with Gasteiger partial charge < -0.3 is 9.73 Å². The molecule has 1 N–H and O–H groups in total. The number of aromatic nitrogens is 3. The maximum atomic E-state index is 12.3. The number of hydrogen-bond acceptors (Lipinski definition) is 6. The number of nitrogens with zero attached hydrogens (tertiary/aromatic N) is 3. The van der Waals surface area contributed by atoms with Gasteiger partial charge in [-0.05, 0) is 23.6 Å². The molecule has 0 saturated carbocycles. The second kappa shape index (κ2) is 6.15. The Bertz CT molecular complexity index is 745. The van der Waals surface area contributed by atoms with E-state index < -0.39 is 0 Å². The summed E-state index contributed by atoms with van der Waals surface area (Å²) < 4.78 is 6.62. The second-order valence-corrected chi connectivity index (χ2v) is 6.11. The first-order valence-electron chi connectivity index (χ1n) is 6.96. The van der Waals surface area contributed by atoms with E-state index in [0.29, 0.717) is 24.1 Å². The van der Waals surface area contributed by atoms with E-state index in [-0.39, 0.29) is 11.8 Å². The highest BCUT2D eigenvalue weighted by Crippen LogP contribution is 2.20. The zero-order valence-electron chi connectivity index (χ0n) is 12.3. The van der Waals surface area contributed by atoms with E-state index in [9.17, 15) is 4.79 Å². The lowest BCUT2D eigenvalue weighted by atomic mass is 10.2. The Labute approximate surface area is 131 Å². The lowest BCUT2D eigenvalue weighted by Crippen LogP contribution is -2.21. The fourth-order valence-corrected chi connectivity index (χ4v) is 2.56. The third kappa shape index (κ3) is 2.94. The molecular formula is C15H16N4O2S. The van der Waals surface area contributed by atoms with E-state index in [4.69, 9.17) is 4.42 Å². The van der Waals surface area contributed by atoms with Crippen molar-refractivity contribution >= 4 is 23.2 Å². The molecule has 22 heavy (non-hydrogen) atoms. The lowest BCUT2D eigenvalue weighted by molar-refractivity contribution is 0.0841. The molecule has 0 aliphatic rings. The Morgan fingerprint density at radius 3 is 2.91 bits per heavy atom. The van der Waals surface area contributed by atoms with Crippen LogP contribution in [0.15, 0.2) is 40.3 Å². The van der Waals surface area contributed by atoms with Gasteiger partial charge in [-0.2, -0.15) is 9.67 Å². The van der Waals surface area contributed by atoms with Crippen LogP contribution in [0, 0.1) is 5.92 Å². The molecule has 6 nitrogen and oxygen atoms in total. The predicted molar refractivity (Wildman–Crippen MR) is 84.8 cm³/mol. The van der Waals surface area contributed by atoms with Crippen molar-refractivity contribution in [2.75, 3.05) is 5.32 Å². The van der Waals surface area contributed by atoms with E-state index in [2.05, 4.69) is 15.4 Å². The summed E-state index contributed by atoms with van der Waals surface area (Å²) in [4.78, 5) is 17.8. The summed E-state index contributed by atoms with van der Waals surface area (Å²) in [7, 11) is 0. The van der Waals surface area contributed by atoms with Gasteiger partial charge in [0.25, 0.3) is 5.91 Å². The molecule has 0 aliphatic heterocycles. The number of furan rings is 1. The number of nitrogens with one attached hydrogen (secondary N) is 1. The Hall–Kier alpha value is -2.41. The zero-order valence-corrected chi connectivity index (χ0v) is 13.1. The summed E-state index contributed by atoms with van der Waals surface area (Å²) in [6.07, 6.45) is 1.55. The number of thiophene rings is 1. The molecule has 3 heterocycles. The van der Waals surface area contributed by atoms with E-state index >= 15 is 0 Å². The highest BCUT2D eigenvalue weighted by Gasteiger charge is 2.20. The van der Waals surface area contributed by atoms with E-state index in [1.165, 1.54) is 4.68 Å². The first-order valence-corrected chi connectivity index (χ1v) is 7.84. The van der Waals surface area contributed by atoms with Gasteiger partial charge in [0, 0.05) is 10.8 Å². The smallest absolute Gasteiger partial charge is 0.252 e. The Balaban J connectivity index is 1.90. The average molecular weight is 316 g/mol. The van der Waals surface area contributed by atoms with Gasteiger partial charge in [-0.3, -0.25) is 4.79 Å². The maximum absolute atomic E-state index is 12.3. The van der Waals surface area contributed by atoms with Crippen LogP contribution < -0.4 is 5.32 Å². The largest absolute Gasteiger partial charge is 0.461 e. The van der Waals surface area contributed by atoms with Crippen LogP contribution in [0.25, 0.3) is 11.6 Å². The van der Waals surface area contributed by atoms with Crippen LogP contribution in [-0.2, 0) is 6.54 Å². The Morgan fingerprint density at radius 1 is 1.41 bits per heavy atom. The summed E-state index contributed by atoms with van der Waals surface area (Å²) in [5, 5.41) is 9.46. The minimum atomic E-state index is -0.173. The highest BCUT2D eigenvalue weighted by molar-refractivity contribution is 7.09. The molecule has 0 unspecified atom stereocenters. The number of carbonyl (C=O) groups is 1. The third-order valence-corrected chi connectivity index (χ3v) is 3.93. The molecular weight excluding hydrogens is 300 g/mol.